The Morgan fingerprint density at radius 3 is 2.28 bits per heavy atom. The normalized spacial score (nSPS) is 19.0. The first-order valence-corrected chi connectivity index (χ1v) is 25.1. The number of ether oxygens (including phenoxy) is 3. The number of phenols is 1. The number of phenolic OH excluding ortho intramolecular Hbond substituents is 1. The van der Waals surface area contributed by atoms with Crippen LogP contribution >= 0.6 is 0 Å². The molecule has 3 aliphatic rings. The lowest BCUT2D eigenvalue weighted by Crippen LogP contribution is -2.54. The molecule has 0 saturated carbocycles. The molecular formula is C49H64N4O10Si. The fraction of sp³-hybridized carbons (Fsp3) is 0.490. The van der Waals surface area contributed by atoms with E-state index in [1.807, 2.05) is 0 Å². The summed E-state index contributed by atoms with van der Waals surface area (Å²) in [6.07, 6.45) is 1.32. The summed E-state index contributed by atoms with van der Waals surface area (Å²) in [7, 11) is -2.47. The average molecular weight is 897 g/mol. The van der Waals surface area contributed by atoms with Gasteiger partial charge in [-0.2, -0.15) is 0 Å². The maximum absolute atomic E-state index is 14.4. The Balaban J connectivity index is 1.19. The predicted octanol–water partition coefficient (Wildman–Crippen LogP) is 7.80. The number of aromatic amines is 1. The molecule has 1 unspecified atom stereocenters. The van der Waals surface area contributed by atoms with E-state index in [1.54, 1.807) is 92.4 Å². The zero-order chi connectivity index (χ0) is 46.5. The lowest BCUT2D eigenvalue weighted by molar-refractivity contribution is -0.184. The van der Waals surface area contributed by atoms with E-state index in [0.29, 0.717) is 35.9 Å². The van der Waals surface area contributed by atoms with Gasteiger partial charge in [-0.15, -0.1) is 0 Å². The minimum atomic E-state index is -2.47. The minimum absolute atomic E-state index is 0.0766. The molecule has 0 radical (unpaired) electrons. The second kappa shape index (κ2) is 19.7. The quantitative estimate of drug-likeness (QED) is 0.0310. The fourth-order valence-corrected chi connectivity index (χ4v) is 9.53. The number of carbonyl (C=O) groups excluding carboxylic acids is 4. The number of fused-ring (bicyclic) bond motifs is 4. The molecule has 0 aliphatic carbocycles. The summed E-state index contributed by atoms with van der Waals surface area (Å²) in [5, 5.41) is 14.1. The van der Waals surface area contributed by atoms with Crippen molar-refractivity contribution >= 4 is 43.7 Å². The number of aromatic hydroxyl groups is 1. The van der Waals surface area contributed by atoms with Crippen LogP contribution in [0.25, 0.3) is 10.9 Å². The molecule has 3 saturated heterocycles. The number of benzene rings is 3. The van der Waals surface area contributed by atoms with Crippen LogP contribution in [0.2, 0.25) is 18.1 Å². The van der Waals surface area contributed by atoms with E-state index in [1.165, 1.54) is 12.1 Å². The number of pyridine rings is 1. The van der Waals surface area contributed by atoms with Gasteiger partial charge in [0.2, 0.25) is 5.56 Å². The van der Waals surface area contributed by atoms with Gasteiger partial charge < -0.3 is 38.9 Å². The molecule has 3 fully saturated rings. The molecule has 0 spiro atoms. The van der Waals surface area contributed by atoms with Crippen molar-refractivity contribution in [3.8, 4) is 5.75 Å². The van der Waals surface area contributed by atoms with Crippen molar-refractivity contribution in [2.75, 3.05) is 39.3 Å². The highest BCUT2D eigenvalue weighted by Crippen LogP contribution is 2.42. The van der Waals surface area contributed by atoms with Gasteiger partial charge in [-0.05, 0) is 113 Å². The van der Waals surface area contributed by atoms with E-state index in [2.05, 4.69) is 49.1 Å². The van der Waals surface area contributed by atoms with Crippen LogP contribution in [0.5, 0.6) is 5.75 Å². The first-order chi connectivity index (χ1) is 30.2. The smallest absolute Gasteiger partial charge is 0.410 e. The minimum Gasteiger partial charge on any atom is -0.506 e. The van der Waals surface area contributed by atoms with Crippen LogP contribution in [0.4, 0.5) is 4.79 Å². The molecule has 344 valence electrons. The van der Waals surface area contributed by atoms with E-state index in [4.69, 9.17) is 18.6 Å². The van der Waals surface area contributed by atoms with Crippen LogP contribution in [0.3, 0.4) is 0 Å². The van der Waals surface area contributed by atoms with Crippen molar-refractivity contribution in [2.24, 2.45) is 5.92 Å². The van der Waals surface area contributed by atoms with Crippen LogP contribution in [0.15, 0.2) is 83.7 Å². The molecule has 3 aromatic carbocycles. The third-order valence-electron chi connectivity index (χ3n) is 12.8. The standard InChI is InChI=1S/C49H64N4O10Si/c1-47(2,3)62-46(59)53(31-41(63-64(7,8)48(4,5)6)37-19-21-39(55)43-38(37)20-22-42(56)51-43)26-13-12-25-50-44(57)34-15-14-18-36(29-34)49(60-32-54,35-16-10-9-11-17-35)45(58)61-40-30-52-27-23-33(40)24-28-52/h9-11,14-22,29,32-33,40-41,55H,12-13,23-28,30-31H2,1-8H3,(H,50,57)(H,51,56)/t40-,41-,49?/m0/s1. The Labute approximate surface area is 376 Å². The third kappa shape index (κ3) is 11.0. The number of esters is 1. The topological polar surface area (TPSA) is 177 Å². The molecule has 4 aromatic rings. The summed E-state index contributed by atoms with van der Waals surface area (Å²) >= 11 is 0. The van der Waals surface area contributed by atoms with Crippen molar-refractivity contribution in [3.63, 3.8) is 0 Å². The van der Waals surface area contributed by atoms with E-state index in [9.17, 15) is 29.1 Å². The first-order valence-electron chi connectivity index (χ1n) is 22.2. The highest BCUT2D eigenvalue weighted by Gasteiger charge is 2.49. The molecule has 3 atom stereocenters. The van der Waals surface area contributed by atoms with Gasteiger partial charge in [0.15, 0.2) is 8.32 Å². The molecule has 3 N–H and O–H groups in total. The van der Waals surface area contributed by atoms with Crippen molar-refractivity contribution in [3.05, 3.63) is 111 Å². The molecule has 1 aromatic heterocycles. The maximum Gasteiger partial charge on any atom is 0.410 e. The van der Waals surface area contributed by atoms with Gasteiger partial charge in [0.1, 0.15) is 17.5 Å². The zero-order valence-corrected chi connectivity index (χ0v) is 39.4. The number of amides is 2. The summed E-state index contributed by atoms with van der Waals surface area (Å²) in [5.74, 6) is -0.976. The molecule has 64 heavy (non-hydrogen) atoms. The van der Waals surface area contributed by atoms with Crippen molar-refractivity contribution in [2.45, 2.75) is 109 Å². The molecule has 4 heterocycles. The number of unbranched alkanes of at least 4 members (excludes halogenated alkanes) is 1. The zero-order valence-electron chi connectivity index (χ0n) is 38.4. The van der Waals surface area contributed by atoms with E-state index < -0.39 is 43.6 Å². The lowest BCUT2D eigenvalue weighted by Gasteiger charge is -2.45. The summed E-state index contributed by atoms with van der Waals surface area (Å²) in [6.45, 7) is 19.5. The number of carbonyl (C=O) groups is 4. The number of hydrogen-bond donors (Lipinski definition) is 3. The number of nitrogens with one attached hydrogen (secondary N) is 2. The largest absolute Gasteiger partial charge is 0.506 e. The Bertz CT molecular complexity index is 2350. The van der Waals surface area contributed by atoms with Gasteiger partial charge in [-0.25, -0.2) is 9.59 Å². The van der Waals surface area contributed by atoms with Gasteiger partial charge >= 0.3 is 12.1 Å². The number of aromatic nitrogens is 1. The van der Waals surface area contributed by atoms with Gasteiger partial charge in [0.05, 0.1) is 18.2 Å². The molecule has 3 aliphatic heterocycles. The average Bonchev–Trinajstić information content (AvgIpc) is 3.24. The van der Waals surface area contributed by atoms with Crippen molar-refractivity contribution < 1.29 is 42.9 Å². The SMILES string of the molecule is CC(C)(C)OC(=O)N(CCCCNC(=O)c1cccc(C(OC=O)(C(=O)O[C@H]2CN3CCC2CC3)c2ccccc2)c1)C[C@H](O[Si](C)(C)C(C)(C)C)c1ccc(O)c2[nH]c(=O)ccc12. The molecule has 2 bridgehead atoms. The van der Waals surface area contributed by atoms with Crippen molar-refractivity contribution in [1.29, 1.82) is 0 Å². The highest BCUT2D eigenvalue weighted by molar-refractivity contribution is 6.74. The van der Waals surface area contributed by atoms with Crippen LogP contribution in [0.1, 0.15) is 100 Å². The number of H-pyrrole nitrogens is 1. The Morgan fingerprint density at radius 2 is 1.64 bits per heavy atom. The van der Waals surface area contributed by atoms with Gasteiger partial charge in [-0.3, -0.25) is 19.3 Å². The second-order valence-electron chi connectivity index (χ2n) is 19.5. The molecule has 15 heteroatoms. The maximum atomic E-state index is 14.4. The second-order valence-corrected chi connectivity index (χ2v) is 24.2. The van der Waals surface area contributed by atoms with Crippen LogP contribution < -0.4 is 10.9 Å². The number of nitrogens with zero attached hydrogens (tertiary/aromatic N) is 2. The first kappa shape index (κ1) is 48.0. The summed E-state index contributed by atoms with van der Waals surface area (Å²) in [5.41, 5.74) is -1.17. The van der Waals surface area contributed by atoms with Crippen LogP contribution in [-0.4, -0.2) is 104 Å². The van der Waals surface area contributed by atoms with E-state index in [-0.39, 0.29) is 71.1 Å². The molecule has 7 rings (SSSR count). The molecular weight excluding hydrogens is 833 g/mol. The summed E-state index contributed by atoms with van der Waals surface area (Å²) in [4.78, 5) is 73.1. The summed E-state index contributed by atoms with van der Waals surface area (Å²) in [6, 6.07) is 21.5. The fourth-order valence-electron chi connectivity index (χ4n) is 8.26. The highest BCUT2D eigenvalue weighted by atomic mass is 28.4. The Kier molecular flexibility index (Phi) is 14.8. The number of rotatable bonds is 17. The van der Waals surface area contributed by atoms with E-state index in [0.717, 1.165) is 25.9 Å². The number of piperidine rings is 3. The molecule has 14 nitrogen and oxygen atoms in total. The Morgan fingerprint density at radius 1 is 0.938 bits per heavy atom. The Hall–Kier alpha value is -5.51. The van der Waals surface area contributed by atoms with Gasteiger partial charge in [-0.1, -0.05) is 69.3 Å². The van der Waals surface area contributed by atoms with Gasteiger partial charge in [0.25, 0.3) is 18.0 Å². The van der Waals surface area contributed by atoms with Crippen molar-refractivity contribution in [1.82, 2.24) is 20.1 Å². The van der Waals surface area contributed by atoms with E-state index >= 15 is 0 Å². The lowest BCUT2D eigenvalue weighted by atomic mass is 9.83. The van der Waals surface area contributed by atoms with Gasteiger partial charge in [0, 0.05) is 47.8 Å². The monoisotopic (exact) mass is 896 g/mol. The summed E-state index contributed by atoms with van der Waals surface area (Å²) < 4.78 is 24.9. The van der Waals surface area contributed by atoms with Crippen LogP contribution in [0, 0.1) is 5.92 Å². The van der Waals surface area contributed by atoms with Crippen LogP contribution in [-0.2, 0) is 33.8 Å². The number of hydrogen-bond acceptors (Lipinski definition) is 11. The third-order valence-corrected chi connectivity index (χ3v) is 17.2. The molecule has 2 amide bonds. The predicted molar refractivity (Wildman–Crippen MR) is 246 cm³/mol.